The molecule has 0 radical (unpaired) electrons. The Hall–Kier alpha value is -2.82. The van der Waals surface area contributed by atoms with Crippen LogP contribution in [0.5, 0.6) is 0 Å². The highest BCUT2D eigenvalue weighted by Crippen LogP contribution is 2.25. The number of carbonyl (C=O) groups excluding carboxylic acids is 1. The van der Waals surface area contributed by atoms with Crippen molar-refractivity contribution >= 4 is 5.91 Å². The Balaban J connectivity index is 2.21. The van der Waals surface area contributed by atoms with E-state index < -0.39 is 0 Å². The van der Waals surface area contributed by atoms with Crippen LogP contribution in [-0.2, 0) is 7.05 Å². The molecule has 0 aliphatic heterocycles. The summed E-state index contributed by atoms with van der Waals surface area (Å²) in [5.41, 5.74) is 5.56. The van der Waals surface area contributed by atoms with Crippen molar-refractivity contribution in [3.63, 3.8) is 0 Å². The van der Waals surface area contributed by atoms with Crippen LogP contribution in [0.25, 0.3) is 17.1 Å². The highest BCUT2D eigenvalue weighted by atomic mass is 16.2. The second-order valence-corrected chi connectivity index (χ2v) is 6.60. The lowest BCUT2D eigenvalue weighted by atomic mass is 10.1. The van der Waals surface area contributed by atoms with E-state index in [4.69, 9.17) is 5.10 Å². The molecule has 0 saturated carbocycles. The van der Waals surface area contributed by atoms with E-state index in [1.54, 1.807) is 4.68 Å². The van der Waals surface area contributed by atoms with E-state index in [0.29, 0.717) is 18.8 Å². The van der Waals surface area contributed by atoms with Crippen LogP contribution in [0.4, 0.5) is 0 Å². The number of hydrogen-bond donors (Lipinski definition) is 0. The lowest BCUT2D eigenvalue weighted by Crippen LogP contribution is -2.32. The molecule has 26 heavy (non-hydrogen) atoms. The van der Waals surface area contributed by atoms with Gasteiger partial charge >= 0.3 is 0 Å². The van der Waals surface area contributed by atoms with E-state index in [1.807, 2.05) is 61.7 Å². The van der Waals surface area contributed by atoms with Gasteiger partial charge in [-0.2, -0.15) is 5.10 Å². The normalized spacial score (nSPS) is 11.0. The van der Waals surface area contributed by atoms with Gasteiger partial charge in [-0.05, 0) is 63.1 Å². The van der Waals surface area contributed by atoms with Gasteiger partial charge in [0.2, 0.25) is 0 Å². The molecule has 0 aliphatic rings. The van der Waals surface area contributed by atoms with Crippen LogP contribution >= 0.6 is 0 Å². The predicted molar refractivity (Wildman–Crippen MR) is 105 cm³/mol. The molecule has 5 nitrogen and oxygen atoms in total. The van der Waals surface area contributed by atoms with Gasteiger partial charge < -0.3 is 9.47 Å². The molecule has 1 aromatic carbocycles. The molecule has 0 aliphatic carbocycles. The van der Waals surface area contributed by atoms with Crippen LogP contribution in [0.2, 0.25) is 0 Å². The average molecular weight is 350 g/mol. The lowest BCUT2D eigenvalue weighted by Gasteiger charge is -2.19. The van der Waals surface area contributed by atoms with E-state index in [2.05, 4.69) is 25.1 Å². The average Bonchev–Trinajstić information content (AvgIpc) is 3.24. The highest BCUT2D eigenvalue weighted by Gasteiger charge is 2.22. The molecule has 0 saturated heterocycles. The molecular formula is C21H26N4O. The summed E-state index contributed by atoms with van der Waals surface area (Å²) in [6, 6.07) is 12.1. The molecule has 3 aromatic rings. The largest absolute Gasteiger partial charge is 0.349 e. The van der Waals surface area contributed by atoms with Gasteiger partial charge in [0.15, 0.2) is 0 Å². The molecule has 3 rings (SSSR count). The molecule has 136 valence electrons. The van der Waals surface area contributed by atoms with Crippen molar-refractivity contribution in [3.05, 3.63) is 59.4 Å². The van der Waals surface area contributed by atoms with Gasteiger partial charge in [-0.3, -0.25) is 4.79 Å². The van der Waals surface area contributed by atoms with E-state index >= 15 is 0 Å². The minimum Gasteiger partial charge on any atom is -0.349 e. The minimum atomic E-state index is 0.00358. The zero-order chi connectivity index (χ0) is 18.8. The first-order chi connectivity index (χ1) is 12.5. The van der Waals surface area contributed by atoms with Crippen LogP contribution in [0.3, 0.4) is 0 Å². The number of nitrogens with zero attached hydrogens (tertiary/aromatic N) is 4. The number of rotatable bonds is 5. The first kappa shape index (κ1) is 18.0. The Kier molecular flexibility index (Phi) is 4.98. The molecule has 0 bridgehead atoms. The quantitative estimate of drug-likeness (QED) is 0.699. The summed E-state index contributed by atoms with van der Waals surface area (Å²) >= 11 is 0. The summed E-state index contributed by atoms with van der Waals surface area (Å²) in [6.45, 7) is 9.44. The molecule has 0 atom stereocenters. The minimum absolute atomic E-state index is 0.00358. The van der Waals surface area contributed by atoms with Crippen LogP contribution in [0.15, 0.2) is 42.6 Å². The van der Waals surface area contributed by atoms with E-state index in [1.165, 1.54) is 0 Å². The smallest absolute Gasteiger partial charge is 0.272 e. The molecule has 5 heteroatoms. The standard InChI is InChI=1S/C21H26N4O/c1-6-24(7-2)21(26)20-14-17(18-9-8-12-23(18)5)22-25(20)19-13-15(3)10-11-16(19)4/h8-14H,6-7H2,1-5H3. The Bertz CT molecular complexity index is 931. The van der Waals surface area contributed by atoms with Gasteiger partial charge in [0, 0.05) is 26.3 Å². The topological polar surface area (TPSA) is 43.1 Å². The summed E-state index contributed by atoms with van der Waals surface area (Å²) in [4.78, 5) is 15.0. The lowest BCUT2D eigenvalue weighted by molar-refractivity contribution is 0.0764. The predicted octanol–water partition coefficient (Wildman–Crippen LogP) is 3.98. The van der Waals surface area contributed by atoms with E-state index in [9.17, 15) is 4.79 Å². The zero-order valence-corrected chi connectivity index (χ0v) is 16.2. The summed E-state index contributed by atoms with van der Waals surface area (Å²) in [6.07, 6.45) is 1.98. The highest BCUT2D eigenvalue weighted by molar-refractivity contribution is 5.94. The molecular weight excluding hydrogens is 324 g/mol. The Morgan fingerprint density at radius 3 is 2.46 bits per heavy atom. The molecule has 0 spiro atoms. The van der Waals surface area contributed by atoms with Crippen molar-refractivity contribution in [2.24, 2.45) is 7.05 Å². The van der Waals surface area contributed by atoms with Gasteiger partial charge in [-0.1, -0.05) is 12.1 Å². The van der Waals surface area contributed by atoms with Gasteiger partial charge in [0.05, 0.1) is 11.4 Å². The SMILES string of the molecule is CCN(CC)C(=O)c1cc(-c2cccn2C)nn1-c1cc(C)ccc1C. The Morgan fingerprint density at radius 1 is 1.12 bits per heavy atom. The van der Waals surface area contributed by atoms with Crippen molar-refractivity contribution < 1.29 is 4.79 Å². The maximum absolute atomic E-state index is 13.1. The maximum Gasteiger partial charge on any atom is 0.272 e. The van der Waals surface area contributed by atoms with Crippen molar-refractivity contribution in [2.75, 3.05) is 13.1 Å². The third-order valence-electron chi connectivity index (χ3n) is 4.78. The Morgan fingerprint density at radius 2 is 1.85 bits per heavy atom. The van der Waals surface area contributed by atoms with Crippen LogP contribution < -0.4 is 0 Å². The summed E-state index contributed by atoms with van der Waals surface area (Å²) in [5, 5.41) is 4.81. The van der Waals surface area contributed by atoms with Crippen LogP contribution in [-0.4, -0.2) is 38.2 Å². The maximum atomic E-state index is 13.1. The van der Waals surface area contributed by atoms with Crippen molar-refractivity contribution in [1.29, 1.82) is 0 Å². The Labute approximate surface area is 154 Å². The van der Waals surface area contributed by atoms with E-state index in [0.717, 1.165) is 28.2 Å². The van der Waals surface area contributed by atoms with Crippen molar-refractivity contribution in [3.8, 4) is 17.1 Å². The van der Waals surface area contributed by atoms with Crippen LogP contribution in [0.1, 0.15) is 35.5 Å². The second-order valence-electron chi connectivity index (χ2n) is 6.60. The van der Waals surface area contributed by atoms with Gasteiger partial charge in [0.1, 0.15) is 11.4 Å². The zero-order valence-electron chi connectivity index (χ0n) is 16.2. The van der Waals surface area contributed by atoms with Crippen molar-refractivity contribution in [2.45, 2.75) is 27.7 Å². The number of amides is 1. The van der Waals surface area contributed by atoms with E-state index in [-0.39, 0.29) is 5.91 Å². The fraction of sp³-hybridized carbons (Fsp3) is 0.333. The number of hydrogen-bond acceptors (Lipinski definition) is 2. The monoisotopic (exact) mass is 350 g/mol. The third kappa shape index (κ3) is 3.17. The van der Waals surface area contributed by atoms with Gasteiger partial charge in [-0.15, -0.1) is 0 Å². The summed E-state index contributed by atoms with van der Waals surface area (Å²) < 4.78 is 3.81. The molecule has 1 amide bonds. The fourth-order valence-corrected chi connectivity index (χ4v) is 3.19. The van der Waals surface area contributed by atoms with Gasteiger partial charge in [0.25, 0.3) is 5.91 Å². The molecule has 2 aromatic heterocycles. The number of aryl methyl sites for hydroxylation is 3. The second kappa shape index (κ2) is 7.20. The van der Waals surface area contributed by atoms with Gasteiger partial charge in [-0.25, -0.2) is 4.68 Å². The number of aromatic nitrogens is 3. The number of benzene rings is 1. The fourth-order valence-electron chi connectivity index (χ4n) is 3.19. The van der Waals surface area contributed by atoms with Crippen LogP contribution in [0, 0.1) is 13.8 Å². The van der Waals surface area contributed by atoms with Crippen molar-refractivity contribution in [1.82, 2.24) is 19.2 Å². The molecule has 0 fully saturated rings. The molecule has 0 unspecified atom stereocenters. The first-order valence-electron chi connectivity index (χ1n) is 9.04. The summed E-state index contributed by atoms with van der Waals surface area (Å²) in [7, 11) is 1.98. The summed E-state index contributed by atoms with van der Waals surface area (Å²) in [5.74, 6) is 0.00358. The molecule has 0 N–H and O–H groups in total. The number of carbonyl (C=O) groups is 1. The first-order valence-corrected chi connectivity index (χ1v) is 9.04. The third-order valence-corrected chi connectivity index (χ3v) is 4.78. The molecule has 2 heterocycles.